The molecule has 20 heavy (non-hydrogen) atoms. The second kappa shape index (κ2) is 6.17. The summed E-state index contributed by atoms with van der Waals surface area (Å²) < 4.78 is 5.88. The summed E-state index contributed by atoms with van der Waals surface area (Å²) in [4.78, 5) is 0. The van der Waals surface area contributed by atoms with Crippen LogP contribution in [0.1, 0.15) is 56.9 Å². The van der Waals surface area contributed by atoms with Crippen LogP contribution in [0, 0.1) is 5.41 Å². The molecule has 110 valence electrons. The number of hydrogen-bond donors (Lipinski definition) is 1. The minimum Gasteiger partial charge on any atom is -0.493 e. The van der Waals surface area contributed by atoms with E-state index >= 15 is 0 Å². The van der Waals surface area contributed by atoms with Gasteiger partial charge in [-0.25, -0.2) is 0 Å². The van der Waals surface area contributed by atoms with Crippen molar-refractivity contribution >= 4 is 0 Å². The Morgan fingerprint density at radius 1 is 1.20 bits per heavy atom. The molecule has 1 atom stereocenters. The molecule has 0 spiro atoms. The van der Waals surface area contributed by atoms with E-state index in [1.54, 1.807) is 0 Å². The first-order valence-corrected chi connectivity index (χ1v) is 8.25. The zero-order valence-electron chi connectivity index (χ0n) is 12.7. The summed E-state index contributed by atoms with van der Waals surface area (Å²) in [5.41, 5.74) is 1.94. The Bertz CT molecular complexity index is 437. The van der Waals surface area contributed by atoms with Crippen LogP contribution >= 0.6 is 0 Å². The minimum absolute atomic E-state index is 0.500. The molecule has 0 saturated heterocycles. The molecule has 2 aliphatic rings. The van der Waals surface area contributed by atoms with Crippen molar-refractivity contribution in [3.8, 4) is 5.75 Å². The van der Waals surface area contributed by atoms with Gasteiger partial charge in [-0.05, 0) is 37.3 Å². The van der Waals surface area contributed by atoms with Crippen molar-refractivity contribution in [2.24, 2.45) is 5.41 Å². The van der Waals surface area contributed by atoms with Gasteiger partial charge in [0, 0.05) is 18.0 Å². The van der Waals surface area contributed by atoms with Crippen molar-refractivity contribution in [3.05, 3.63) is 29.8 Å². The molecule has 0 bridgehead atoms. The monoisotopic (exact) mass is 273 g/mol. The molecule has 1 aliphatic carbocycles. The summed E-state index contributed by atoms with van der Waals surface area (Å²) in [5, 5.41) is 3.62. The fraction of sp³-hybridized carbons (Fsp3) is 0.667. The third-order valence-corrected chi connectivity index (χ3v) is 5.14. The Morgan fingerprint density at radius 2 is 2.00 bits per heavy atom. The molecule has 1 heterocycles. The number of ether oxygens (including phenoxy) is 1. The van der Waals surface area contributed by atoms with Crippen molar-refractivity contribution in [2.75, 3.05) is 19.7 Å². The van der Waals surface area contributed by atoms with Crippen molar-refractivity contribution < 1.29 is 4.74 Å². The summed E-state index contributed by atoms with van der Waals surface area (Å²) in [5.74, 6) is 1.72. The molecule has 0 radical (unpaired) electrons. The lowest BCUT2D eigenvalue weighted by atomic mass is 9.68. The van der Waals surface area contributed by atoms with Gasteiger partial charge in [0.05, 0.1) is 6.61 Å². The molecule has 0 aromatic heterocycles. The highest BCUT2D eigenvalue weighted by atomic mass is 16.5. The lowest BCUT2D eigenvalue weighted by Crippen LogP contribution is -2.37. The second-order valence-corrected chi connectivity index (χ2v) is 6.59. The van der Waals surface area contributed by atoms with Crippen molar-refractivity contribution in [3.63, 3.8) is 0 Å². The number of hydrogen-bond acceptors (Lipinski definition) is 2. The molecule has 1 saturated carbocycles. The van der Waals surface area contributed by atoms with Gasteiger partial charge in [0.1, 0.15) is 5.75 Å². The lowest BCUT2D eigenvalue weighted by molar-refractivity contribution is 0.147. The largest absolute Gasteiger partial charge is 0.493 e. The second-order valence-electron chi connectivity index (χ2n) is 6.59. The van der Waals surface area contributed by atoms with Crippen molar-refractivity contribution in [1.82, 2.24) is 5.32 Å². The van der Waals surface area contributed by atoms with Crippen LogP contribution in [0.15, 0.2) is 24.3 Å². The average Bonchev–Trinajstić information content (AvgIpc) is 2.89. The molecule has 2 nitrogen and oxygen atoms in total. The quantitative estimate of drug-likeness (QED) is 0.871. The van der Waals surface area contributed by atoms with E-state index in [0.717, 1.165) is 18.9 Å². The lowest BCUT2D eigenvalue weighted by Gasteiger charge is -2.39. The molecule has 1 unspecified atom stereocenters. The topological polar surface area (TPSA) is 21.3 Å². The summed E-state index contributed by atoms with van der Waals surface area (Å²) in [6.45, 7) is 5.36. The van der Waals surface area contributed by atoms with Gasteiger partial charge in [-0.1, -0.05) is 44.4 Å². The van der Waals surface area contributed by atoms with Gasteiger partial charge in [-0.2, -0.15) is 0 Å². The molecule has 1 aromatic carbocycles. The van der Waals surface area contributed by atoms with E-state index < -0.39 is 0 Å². The van der Waals surface area contributed by atoms with Crippen LogP contribution in [0.5, 0.6) is 5.75 Å². The van der Waals surface area contributed by atoms with Gasteiger partial charge in [0.15, 0.2) is 0 Å². The van der Waals surface area contributed by atoms with Crippen LogP contribution in [0.3, 0.4) is 0 Å². The highest BCUT2D eigenvalue weighted by Gasteiger charge is 2.37. The zero-order chi connectivity index (χ0) is 13.8. The Kier molecular flexibility index (Phi) is 4.30. The molecule has 0 amide bonds. The van der Waals surface area contributed by atoms with Crippen LogP contribution in [-0.2, 0) is 0 Å². The van der Waals surface area contributed by atoms with Crippen molar-refractivity contribution in [1.29, 1.82) is 0 Å². The van der Waals surface area contributed by atoms with Crippen LogP contribution < -0.4 is 10.1 Å². The molecule has 2 heteroatoms. The fourth-order valence-electron chi connectivity index (χ4n) is 4.07. The Labute approximate surface area is 122 Å². The maximum atomic E-state index is 5.88. The van der Waals surface area contributed by atoms with E-state index in [1.807, 2.05) is 0 Å². The number of nitrogens with one attached hydrogen (secondary N) is 1. The van der Waals surface area contributed by atoms with Gasteiger partial charge in [0.25, 0.3) is 0 Å². The maximum absolute atomic E-state index is 5.88. The predicted octanol–water partition coefficient (Wildman–Crippen LogP) is 4.11. The minimum atomic E-state index is 0.500. The molecule has 1 aromatic rings. The number of rotatable bonds is 5. The molecule has 1 N–H and O–H groups in total. The van der Waals surface area contributed by atoms with Gasteiger partial charge >= 0.3 is 0 Å². The molecular weight excluding hydrogens is 246 g/mol. The van der Waals surface area contributed by atoms with Gasteiger partial charge in [-0.3, -0.25) is 0 Å². The van der Waals surface area contributed by atoms with Gasteiger partial charge < -0.3 is 10.1 Å². The summed E-state index contributed by atoms with van der Waals surface area (Å²) >= 11 is 0. The summed E-state index contributed by atoms with van der Waals surface area (Å²) in [7, 11) is 0. The SMILES string of the molecule is CCNCC1(CC2COc3ccccc32)CCCCC1. The normalized spacial score (nSPS) is 24.1. The number of fused-ring (bicyclic) bond motifs is 1. The highest BCUT2D eigenvalue weighted by Crippen LogP contribution is 2.46. The molecule has 3 rings (SSSR count). The Hall–Kier alpha value is -1.02. The Morgan fingerprint density at radius 3 is 2.80 bits per heavy atom. The molecule has 1 fully saturated rings. The van der Waals surface area contributed by atoms with E-state index in [9.17, 15) is 0 Å². The fourth-order valence-corrected chi connectivity index (χ4v) is 4.07. The van der Waals surface area contributed by atoms with Gasteiger partial charge in [-0.15, -0.1) is 0 Å². The molecule has 1 aliphatic heterocycles. The van der Waals surface area contributed by atoms with Crippen LogP contribution in [0.4, 0.5) is 0 Å². The van der Waals surface area contributed by atoms with E-state index in [4.69, 9.17) is 4.74 Å². The third kappa shape index (κ3) is 2.85. The first-order chi connectivity index (χ1) is 9.83. The van der Waals surface area contributed by atoms with E-state index in [2.05, 4.69) is 36.5 Å². The van der Waals surface area contributed by atoms with Crippen molar-refractivity contribution in [2.45, 2.75) is 51.4 Å². The number of benzene rings is 1. The summed E-state index contributed by atoms with van der Waals surface area (Å²) in [6.07, 6.45) is 8.29. The van der Waals surface area contributed by atoms with Gasteiger partial charge in [0.2, 0.25) is 0 Å². The standard InChI is InChI=1S/C18H27NO/c1-2-19-14-18(10-6-3-7-11-18)12-15-13-20-17-9-5-4-8-16(15)17/h4-5,8-9,15,19H,2-3,6-7,10-14H2,1H3. The predicted molar refractivity (Wildman–Crippen MR) is 83.4 cm³/mol. The van der Waals surface area contributed by atoms with E-state index in [-0.39, 0.29) is 0 Å². The maximum Gasteiger partial charge on any atom is 0.122 e. The highest BCUT2D eigenvalue weighted by molar-refractivity contribution is 5.39. The Balaban J connectivity index is 1.73. The van der Waals surface area contributed by atoms with Crippen LogP contribution in [0.25, 0.3) is 0 Å². The average molecular weight is 273 g/mol. The number of para-hydroxylation sites is 1. The van der Waals surface area contributed by atoms with E-state index in [0.29, 0.717) is 11.3 Å². The zero-order valence-corrected chi connectivity index (χ0v) is 12.7. The summed E-state index contributed by atoms with van der Waals surface area (Å²) in [6, 6.07) is 8.61. The smallest absolute Gasteiger partial charge is 0.122 e. The third-order valence-electron chi connectivity index (χ3n) is 5.14. The first-order valence-electron chi connectivity index (χ1n) is 8.25. The first kappa shape index (κ1) is 13.9. The van der Waals surface area contributed by atoms with E-state index in [1.165, 1.54) is 50.6 Å². The van der Waals surface area contributed by atoms with Crippen LogP contribution in [-0.4, -0.2) is 19.7 Å². The van der Waals surface area contributed by atoms with Crippen LogP contribution in [0.2, 0.25) is 0 Å². The molecular formula is C18H27NO.